The highest BCUT2D eigenvalue weighted by Gasteiger charge is 2.35. The number of rotatable bonds is 31. The van der Waals surface area contributed by atoms with Crippen molar-refractivity contribution in [3.05, 3.63) is 29.8 Å². The number of aliphatic hydroxyl groups excluding tert-OH is 1. The van der Waals surface area contributed by atoms with Crippen molar-refractivity contribution < 1.29 is 75.9 Å². The number of phenolic OH excluding ortho intramolecular Hbond substituents is 1. The maximum absolute atomic E-state index is 13.6. The zero-order chi connectivity index (χ0) is 54.6. The Balaban J connectivity index is 3.16. The molecule has 0 aliphatic carbocycles. The summed E-state index contributed by atoms with van der Waals surface area (Å²) >= 11 is 0. The van der Waals surface area contributed by atoms with Crippen molar-refractivity contribution in [1.29, 1.82) is 0 Å². The van der Waals surface area contributed by atoms with Crippen LogP contribution < -0.4 is 54.4 Å². The molecule has 25 nitrogen and oxygen atoms in total. The average Bonchev–Trinajstić information content (AvgIpc) is 3.25. The number of carboxylic acids is 2. The third-order valence-electron chi connectivity index (χ3n) is 10.4. The fraction of sp³-hybridized carbons (Fsp3) is 0.614. The molecule has 0 saturated heterocycles. The van der Waals surface area contributed by atoms with Gasteiger partial charge in [0.15, 0.2) is 0 Å². The van der Waals surface area contributed by atoms with E-state index >= 15 is 0 Å². The number of nitrogens with two attached hydrogens (primary N) is 3. The highest BCUT2D eigenvalue weighted by molar-refractivity contribution is 5.97. The number of carbonyl (C=O) groups is 11. The topological polar surface area (TPSA) is 431 Å². The van der Waals surface area contributed by atoms with Crippen LogP contribution >= 0.6 is 0 Å². The van der Waals surface area contributed by atoms with Crippen LogP contribution in [-0.4, -0.2) is 140 Å². The fourth-order valence-corrected chi connectivity index (χ4v) is 6.54. The van der Waals surface area contributed by atoms with Crippen LogP contribution in [0.2, 0.25) is 0 Å². The van der Waals surface area contributed by atoms with Crippen molar-refractivity contribution in [3.63, 3.8) is 0 Å². The SMILES string of the molecule is [3H]c1cc(C[C@H](NC(=O)[C@H](CCC(=O)O)NC(=O)[C@H](C)NC(=O)[C@@H](NC(=O)C[C@H](O)[C@H](CC(C)C)NC(=O)[C@H](CC(N)=O)NC(=O)[C@@H](NC(=O)[C@@H](N)CCC(=O)O)C(C)C)C(C)C)C(N)=O)cc([3H])c1O. The Kier molecular flexibility index (Phi) is 23.8. The van der Waals surface area contributed by atoms with Gasteiger partial charge in [-0.25, -0.2) is 0 Å². The molecule has 1 aromatic carbocycles. The number of nitrogens with one attached hydrogen (secondary N) is 7. The van der Waals surface area contributed by atoms with Gasteiger partial charge in [0.25, 0.3) is 0 Å². The molecule has 9 amide bonds. The van der Waals surface area contributed by atoms with Gasteiger partial charge in [0.2, 0.25) is 53.2 Å². The van der Waals surface area contributed by atoms with Crippen LogP contribution in [0.3, 0.4) is 0 Å². The summed E-state index contributed by atoms with van der Waals surface area (Å²) in [5.74, 6) is -13.2. The molecule has 0 fully saturated rings. The number of benzene rings is 1. The standard InChI is InChI=1S/C44H70N10O15/c1-20(2)16-28(50-42(67)30(18-32(46)57)52-44(69)37(22(5)6)54-40(65)26(45)12-14-34(59)60)31(56)19-33(58)53-36(21(3)4)43(68)48-23(7)39(64)49-27(13-15-35(61)62)41(66)51-29(38(47)63)17-24-8-10-25(55)11-9-24/h8-11,20-23,26-31,36-37,55-56H,12-19,45H2,1-7H3,(H2,46,57)(H2,47,63)(H,48,68)(H,49,64)(H,50,67)(H,51,66)(H,52,69)(H,53,58)(H,54,65)(H,59,60)(H,61,62)/t23-,26-,27-,28-,29-,30-,31-,36-,37-/m0/s1/i10T,11T. The first-order valence-electron chi connectivity index (χ1n) is 23.2. The van der Waals surface area contributed by atoms with Crippen molar-refractivity contribution in [2.75, 3.05) is 0 Å². The zero-order valence-electron chi connectivity index (χ0n) is 41.8. The van der Waals surface area contributed by atoms with Gasteiger partial charge in [-0.2, -0.15) is 0 Å². The molecular weight excluding hydrogens is 909 g/mol. The van der Waals surface area contributed by atoms with Gasteiger partial charge in [-0.05, 0) is 61.6 Å². The molecule has 0 aliphatic rings. The molecule has 1 aromatic rings. The van der Waals surface area contributed by atoms with Gasteiger partial charge in [0.05, 0.1) is 33.8 Å². The van der Waals surface area contributed by atoms with E-state index in [4.69, 9.17) is 25.0 Å². The number of amides is 9. The number of aliphatic carboxylic acids is 2. The van der Waals surface area contributed by atoms with E-state index in [0.717, 1.165) is 12.1 Å². The Morgan fingerprint density at radius 1 is 0.609 bits per heavy atom. The third-order valence-corrected chi connectivity index (χ3v) is 10.4. The number of phenols is 1. The first kappa shape index (κ1) is 56.4. The largest absolute Gasteiger partial charge is 0.508 e. The smallest absolute Gasteiger partial charge is 0.303 e. The van der Waals surface area contributed by atoms with Crippen molar-refractivity contribution in [1.82, 2.24) is 37.2 Å². The molecule has 0 heterocycles. The van der Waals surface area contributed by atoms with E-state index in [0.29, 0.717) is 0 Å². The number of primary amides is 2. The van der Waals surface area contributed by atoms with Gasteiger partial charge < -0.3 is 74.8 Å². The van der Waals surface area contributed by atoms with Gasteiger partial charge in [-0.15, -0.1) is 0 Å². The minimum absolute atomic E-state index is 0.0593. The van der Waals surface area contributed by atoms with Gasteiger partial charge in [0, 0.05) is 19.3 Å². The highest BCUT2D eigenvalue weighted by Crippen LogP contribution is 2.15. The molecule has 0 spiro atoms. The minimum atomic E-state index is -1.63. The Labute approximate surface area is 402 Å². The number of aromatic hydroxyl groups is 1. The molecule has 0 aliphatic heterocycles. The van der Waals surface area contributed by atoms with Gasteiger partial charge in [0.1, 0.15) is 42.0 Å². The summed E-state index contributed by atoms with van der Waals surface area (Å²) in [6.07, 6.45) is -5.09. The van der Waals surface area contributed by atoms with Gasteiger partial charge >= 0.3 is 11.9 Å². The third kappa shape index (κ3) is 22.6. The fourth-order valence-electron chi connectivity index (χ4n) is 6.54. The summed E-state index contributed by atoms with van der Waals surface area (Å²) in [7, 11) is 0. The lowest BCUT2D eigenvalue weighted by Crippen LogP contribution is -2.59. The van der Waals surface area contributed by atoms with Crippen molar-refractivity contribution in [3.8, 4) is 5.75 Å². The van der Waals surface area contributed by atoms with E-state index in [2.05, 4.69) is 37.2 Å². The van der Waals surface area contributed by atoms with E-state index in [1.807, 2.05) is 0 Å². The molecule has 0 saturated carbocycles. The molecular formula is C44H70N10O15. The second kappa shape index (κ2) is 29.1. The van der Waals surface area contributed by atoms with Gasteiger partial charge in [-0.1, -0.05) is 53.7 Å². The number of aliphatic hydroxyl groups is 1. The maximum atomic E-state index is 13.6. The number of hydrogen-bond acceptors (Lipinski definition) is 14. The quantitative estimate of drug-likeness (QED) is 0.0350. The average molecular weight is 983 g/mol. The normalized spacial score (nSPS) is 15.5. The van der Waals surface area contributed by atoms with E-state index < -0.39 is 181 Å². The van der Waals surface area contributed by atoms with E-state index in [-0.39, 0.29) is 30.7 Å². The zero-order valence-corrected chi connectivity index (χ0v) is 39.8. The first-order chi connectivity index (χ1) is 32.8. The maximum Gasteiger partial charge on any atom is 0.303 e. The van der Waals surface area contributed by atoms with Crippen LogP contribution in [0.4, 0.5) is 0 Å². The summed E-state index contributed by atoms with van der Waals surface area (Å²) in [5, 5.41) is 56.2. The molecule has 386 valence electrons. The van der Waals surface area contributed by atoms with E-state index in [1.165, 1.54) is 6.92 Å². The summed E-state index contributed by atoms with van der Waals surface area (Å²) in [4.78, 5) is 140. The van der Waals surface area contributed by atoms with Crippen LogP contribution in [0.5, 0.6) is 5.75 Å². The first-order valence-corrected chi connectivity index (χ1v) is 22.2. The molecule has 0 aromatic heterocycles. The molecule has 0 unspecified atom stereocenters. The summed E-state index contributed by atoms with van der Waals surface area (Å²) < 4.78 is 15.6. The molecule has 25 heteroatoms. The second-order valence-corrected chi connectivity index (χ2v) is 17.7. The minimum Gasteiger partial charge on any atom is -0.508 e. The van der Waals surface area contributed by atoms with Crippen LogP contribution in [0.1, 0.15) is 102 Å². The predicted molar refractivity (Wildman–Crippen MR) is 245 cm³/mol. The number of carbonyl (C=O) groups excluding carboxylic acids is 9. The van der Waals surface area contributed by atoms with Crippen molar-refractivity contribution in [2.24, 2.45) is 35.0 Å². The van der Waals surface area contributed by atoms with Crippen LogP contribution in [0, 0.1) is 17.8 Å². The monoisotopic (exact) mass is 983 g/mol. The second-order valence-electron chi connectivity index (χ2n) is 17.7. The molecule has 17 N–H and O–H groups in total. The lowest BCUT2D eigenvalue weighted by molar-refractivity contribution is -0.139. The summed E-state index contributed by atoms with van der Waals surface area (Å²) in [6.45, 7) is 10.9. The highest BCUT2D eigenvalue weighted by atomic mass is 16.4. The Bertz CT molecular complexity index is 2090. The Morgan fingerprint density at radius 3 is 1.61 bits per heavy atom. The van der Waals surface area contributed by atoms with E-state index in [9.17, 15) is 68.1 Å². The molecule has 0 radical (unpaired) electrons. The van der Waals surface area contributed by atoms with Crippen LogP contribution in [-0.2, 0) is 59.2 Å². The lowest BCUT2D eigenvalue weighted by atomic mass is 9.95. The van der Waals surface area contributed by atoms with Crippen LogP contribution in [0.15, 0.2) is 24.2 Å². The summed E-state index contributed by atoms with van der Waals surface area (Å²) in [6, 6.07) is -9.80. The Morgan fingerprint density at radius 2 is 1.10 bits per heavy atom. The molecule has 1 rings (SSSR count). The molecule has 9 atom stereocenters. The van der Waals surface area contributed by atoms with Crippen LogP contribution in [0.25, 0.3) is 0 Å². The molecule has 69 heavy (non-hydrogen) atoms. The van der Waals surface area contributed by atoms with Crippen molar-refractivity contribution >= 4 is 65.1 Å². The summed E-state index contributed by atoms with van der Waals surface area (Å²) in [5.41, 5.74) is 16.8. The number of hydrogen-bond donors (Lipinski definition) is 14. The van der Waals surface area contributed by atoms with Gasteiger partial charge in [-0.3, -0.25) is 52.7 Å². The predicted octanol–water partition coefficient (Wildman–Crippen LogP) is -3.13. The van der Waals surface area contributed by atoms with Crippen molar-refractivity contribution in [2.45, 2.75) is 154 Å². The lowest BCUT2D eigenvalue weighted by Gasteiger charge is -2.30. The number of carboxylic acid groups (broad SMARTS) is 2. The molecule has 0 bridgehead atoms. The van der Waals surface area contributed by atoms with E-state index in [1.54, 1.807) is 41.5 Å². The Hall–Kier alpha value is -6.89.